The highest BCUT2D eigenvalue weighted by atomic mass is 15.3. The molecule has 4 heterocycles. The molecule has 0 saturated carbocycles. The minimum Gasteiger partial charge on any atom is -0.364 e. The van der Waals surface area contributed by atoms with Gasteiger partial charge in [0.1, 0.15) is 0 Å². The van der Waals surface area contributed by atoms with Crippen LogP contribution in [-0.4, -0.2) is 31.5 Å². The predicted molar refractivity (Wildman–Crippen MR) is 121 cm³/mol. The lowest BCUT2D eigenvalue weighted by atomic mass is 9.95. The fraction of sp³-hybridized carbons (Fsp3) is 0.375. The lowest BCUT2D eigenvalue weighted by Gasteiger charge is -2.32. The third kappa shape index (κ3) is 2.82. The summed E-state index contributed by atoms with van der Waals surface area (Å²) in [6.07, 6.45) is 2.85. The van der Waals surface area contributed by atoms with Crippen molar-refractivity contribution < 1.29 is 0 Å². The molecule has 0 unspecified atom stereocenters. The Hall–Kier alpha value is -3.15. The molecule has 4 aromatic rings. The molecule has 6 nitrogen and oxygen atoms in total. The molecule has 30 heavy (non-hydrogen) atoms. The lowest BCUT2D eigenvalue weighted by molar-refractivity contribution is 0.633. The summed E-state index contributed by atoms with van der Waals surface area (Å²) < 4.78 is 2.10. The Bertz CT molecular complexity index is 1260. The summed E-state index contributed by atoms with van der Waals surface area (Å²) in [6.45, 7) is 13.6. The second-order valence-corrected chi connectivity index (χ2v) is 8.35. The smallest absolute Gasteiger partial charge is 0.0830 e. The highest BCUT2D eigenvalue weighted by Gasteiger charge is 2.25. The molecule has 1 aliphatic heterocycles. The second-order valence-electron chi connectivity index (χ2n) is 8.35. The Balaban J connectivity index is 1.56. The van der Waals surface area contributed by atoms with E-state index in [9.17, 15) is 0 Å². The van der Waals surface area contributed by atoms with E-state index >= 15 is 0 Å². The normalized spacial score (nSPS) is 13.8. The second kappa shape index (κ2) is 6.97. The van der Waals surface area contributed by atoms with Crippen molar-refractivity contribution in [3.05, 3.63) is 58.2 Å². The number of nitrogens with one attached hydrogen (secondary N) is 1. The molecule has 0 fully saturated rings. The van der Waals surface area contributed by atoms with E-state index in [1.807, 2.05) is 6.20 Å². The third-order valence-electron chi connectivity index (χ3n) is 6.45. The number of fused-ring (bicyclic) bond motifs is 2. The fourth-order valence-corrected chi connectivity index (χ4v) is 4.94. The highest BCUT2D eigenvalue weighted by Crippen LogP contribution is 2.35. The first-order chi connectivity index (χ1) is 14.5. The van der Waals surface area contributed by atoms with E-state index in [1.165, 1.54) is 39.3 Å². The number of anilines is 1. The topological polar surface area (TPSA) is 62.6 Å². The molecular formula is C24H28N6. The van der Waals surface area contributed by atoms with Gasteiger partial charge in [-0.1, -0.05) is 6.07 Å². The van der Waals surface area contributed by atoms with Gasteiger partial charge >= 0.3 is 0 Å². The summed E-state index contributed by atoms with van der Waals surface area (Å²) in [5.41, 5.74) is 12.0. The molecule has 0 amide bonds. The van der Waals surface area contributed by atoms with E-state index in [1.54, 1.807) is 0 Å². The van der Waals surface area contributed by atoms with Gasteiger partial charge in [0, 0.05) is 42.7 Å². The number of pyridine rings is 1. The number of aromatic nitrogens is 5. The van der Waals surface area contributed by atoms with Crippen molar-refractivity contribution >= 4 is 16.6 Å². The van der Waals surface area contributed by atoms with Crippen LogP contribution in [0.5, 0.6) is 0 Å². The zero-order chi connectivity index (χ0) is 21.0. The molecular weight excluding hydrogens is 372 g/mol. The van der Waals surface area contributed by atoms with Crippen LogP contribution in [0, 0.1) is 27.7 Å². The van der Waals surface area contributed by atoms with Gasteiger partial charge in [0.2, 0.25) is 0 Å². The van der Waals surface area contributed by atoms with Gasteiger partial charge < -0.3 is 4.90 Å². The largest absolute Gasteiger partial charge is 0.364 e. The fourth-order valence-electron chi connectivity index (χ4n) is 4.94. The molecule has 0 saturated heterocycles. The summed E-state index contributed by atoms with van der Waals surface area (Å²) in [7, 11) is 0. The van der Waals surface area contributed by atoms with Crippen molar-refractivity contribution in [3.8, 4) is 11.3 Å². The van der Waals surface area contributed by atoms with Crippen LogP contribution in [0.4, 0.5) is 5.69 Å². The van der Waals surface area contributed by atoms with Gasteiger partial charge in [0.25, 0.3) is 0 Å². The molecule has 1 aromatic carbocycles. The van der Waals surface area contributed by atoms with Gasteiger partial charge in [-0.3, -0.25) is 14.8 Å². The van der Waals surface area contributed by atoms with E-state index in [0.29, 0.717) is 0 Å². The maximum atomic E-state index is 5.14. The minimum atomic E-state index is 0.889. The average Bonchev–Trinajstić information content (AvgIpc) is 3.31. The van der Waals surface area contributed by atoms with Crippen molar-refractivity contribution in [2.45, 2.75) is 54.1 Å². The van der Waals surface area contributed by atoms with Crippen LogP contribution >= 0.6 is 0 Å². The molecule has 0 atom stereocenters. The molecule has 1 aliphatic rings. The van der Waals surface area contributed by atoms with Gasteiger partial charge in [-0.05, 0) is 63.4 Å². The molecule has 6 heteroatoms. The van der Waals surface area contributed by atoms with Crippen molar-refractivity contribution in [3.63, 3.8) is 0 Å². The monoisotopic (exact) mass is 400 g/mol. The van der Waals surface area contributed by atoms with Crippen molar-refractivity contribution in [2.24, 2.45) is 0 Å². The zero-order valence-corrected chi connectivity index (χ0v) is 18.4. The predicted octanol–water partition coefficient (Wildman–Crippen LogP) is 4.64. The van der Waals surface area contributed by atoms with Crippen LogP contribution in [0.2, 0.25) is 0 Å². The first-order valence-electron chi connectivity index (χ1n) is 10.7. The van der Waals surface area contributed by atoms with Crippen LogP contribution in [0.15, 0.2) is 24.4 Å². The number of H-pyrrole nitrogens is 1. The van der Waals surface area contributed by atoms with E-state index in [0.717, 1.165) is 48.3 Å². The number of benzene rings is 1. The van der Waals surface area contributed by atoms with E-state index < -0.39 is 0 Å². The van der Waals surface area contributed by atoms with Crippen molar-refractivity contribution in [1.82, 2.24) is 25.0 Å². The van der Waals surface area contributed by atoms with Crippen LogP contribution in [0.3, 0.4) is 0 Å². The Morgan fingerprint density at radius 1 is 1.10 bits per heavy atom. The molecule has 3 aromatic heterocycles. The maximum absolute atomic E-state index is 5.14. The molecule has 0 aliphatic carbocycles. The van der Waals surface area contributed by atoms with E-state index in [-0.39, 0.29) is 0 Å². The van der Waals surface area contributed by atoms with Gasteiger partial charge in [0.15, 0.2) is 0 Å². The maximum Gasteiger partial charge on any atom is 0.0830 e. The standard InChI is InChI=1S/C24H28N6/c1-6-30-17(5)24(16(4)28-30)29-10-9-20-19(13-29)15(3)11-22(26-20)23-14(2)7-8-21-18(23)12-25-27-21/h7-8,11-12H,6,9-10,13H2,1-5H3,(H,25,27). The summed E-state index contributed by atoms with van der Waals surface area (Å²) in [5, 5.41) is 13.2. The summed E-state index contributed by atoms with van der Waals surface area (Å²) in [4.78, 5) is 7.61. The third-order valence-corrected chi connectivity index (χ3v) is 6.45. The number of hydrogen-bond donors (Lipinski definition) is 1. The zero-order valence-electron chi connectivity index (χ0n) is 18.4. The molecule has 5 rings (SSSR count). The van der Waals surface area contributed by atoms with E-state index in [4.69, 9.17) is 10.1 Å². The van der Waals surface area contributed by atoms with Crippen molar-refractivity contribution in [1.29, 1.82) is 0 Å². The number of rotatable bonds is 3. The molecule has 0 bridgehead atoms. The van der Waals surface area contributed by atoms with Gasteiger partial charge in [-0.15, -0.1) is 0 Å². The van der Waals surface area contributed by atoms with Crippen LogP contribution in [-0.2, 0) is 19.5 Å². The molecule has 1 N–H and O–H groups in total. The average molecular weight is 401 g/mol. The molecule has 154 valence electrons. The van der Waals surface area contributed by atoms with E-state index in [2.05, 4.69) is 72.6 Å². The number of nitrogens with zero attached hydrogens (tertiary/aromatic N) is 5. The number of aryl methyl sites for hydroxylation is 4. The Kier molecular flexibility index (Phi) is 4.38. The summed E-state index contributed by atoms with van der Waals surface area (Å²) >= 11 is 0. The highest BCUT2D eigenvalue weighted by molar-refractivity contribution is 5.95. The van der Waals surface area contributed by atoms with Crippen molar-refractivity contribution in [2.75, 3.05) is 11.4 Å². The number of hydrogen-bond acceptors (Lipinski definition) is 4. The van der Waals surface area contributed by atoms with Gasteiger partial charge in [-0.25, -0.2) is 0 Å². The van der Waals surface area contributed by atoms with Crippen LogP contribution in [0.25, 0.3) is 22.2 Å². The summed E-state index contributed by atoms with van der Waals surface area (Å²) in [6, 6.07) is 6.47. The van der Waals surface area contributed by atoms with Gasteiger partial charge in [-0.2, -0.15) is 10.2 Å². The Morgan fingerprint density at radius 3 is 2.70 bits per heavy atom. The first-order valence-corrected chi connectivity index (χ1v) is 10.7. The molecule has 0 spiro atoms. The Morgan fingerprint density at radius 2 is 1.93 bits per heavy atom. The van der Waals surface area contributed by atoms with Crippen LogP contribution in [0.1, 0.15) is 40.7 Å². The quantitative estimate of drug-likeness (QED) is 0.544. The lowest BCUT2D eigenvalue weighted by Crippen LogP contribution is -2.32. The molecule has 0 radical (unpaired) electrons. The number of aromatic amines is 1. The van der Waals surface area contributed by atoms with Gasteiger partial charge in [0.05, 0.1) is 34.5 Å². The summed E-state index contributed by atoms with van der Waals surface area (Å²) in [5.74, 6) is 0. The SMILES string of the molecule is CCn1nc(C)c(N2CCc3nc(-c4c(C)ccc5[nH]ncc45)cc(C)c3C2)c1C. The van der Waals surface area contributed by atoms with Crippen LogP contribution < -0.4 is 4.90 Å². The Labute approximate surface area is 176 Å². The first kappa shape index (κ1) is 18.9. The minimum absolute atomic E-state index is 0.889.